The smallest absolute Gasteiger partial charge is 0.259 e. The van der Waals surface area contributed by atoms with Crippen LogP contribution in [0.3, 0.4) is 0 Å². The van der Waals surface area contributed by atoms with E-state index in [1.807, 2.05) is 18.2 Å². The lowest BCUT2D eigenvalue weighted by Crippen LogP contribution is -2.51. The quantitative estimate of drug-likeness (QED) is 0.816. The number of carbonyl (C=O) groups excluding carboxylic acids is 2. The molecule has 3 aliphatic rings. The maximum absolute atomic E-state index is 12.9. The van der Waals surface area contributed by atoms with Crippen molar-refractivity contribution in [2.24, 2.45) is 0 Å². The highest BCUT2D eigenvalue weighted by molar-refractivity contribution is 6.14. The summed E-state index contributed by atoms with van der Waals surface area (Å²) in [7, 11) is 0. The SMILES string of the molecule is O=C1NC(=O)C2(CCc3ncccc32)c2cc(C3CC3)ncc21. The maximum Gasteiger partial charge on any atom is 0.259 e. The predicted molar refractivity (Wildman–Crippen MR) is 82.0 cm³/mol. The summed E-state index contributed by atoms with van der Waals surface area (Å²) >= 11 is 0. The van der Waals surface area contributed by atoms with Gasteiger partial charge in [-0.25, -0.2) is 0 Å². The molecule has 1 fully saturated rings. The Morgan fingerprint density at radius 1 is 1.17 bits per heavy atom. The summed E-state index contributed by atoms with van der Waals surface area (Å²) in [5, 5.41) is 2.53. The number of nitrogens with zero attached hydrogens (tertiary/aromatic N) is 2. The molecule has 0 aromatic carbocycles. The van der Waals surface area contributed by atoms with Gasteiger partial charge in [-0.05, 0) is 48.9 Å². The van der Waals surface area contributed by atoms with Gasteiger partial charge in [0.05, 0.1) is 5.56 Å². The fourth-order valence-electron chi connectivity index (χ4n) is 3.99. The third kappa shape index (κ3) is 1.62. The molecule has 2 aliphatic carbocycles. The Morgan fingerprint density at radius 3 is 2.87 bits per heavy atom. The number of fused-ring (bicyclic) bond motifs is 4. The van der Waals surface area contributed by atoms with Gasteiger partial charge in [-0.2, -0.15) is 0 Å². The highest BCUT2D eigenvalue weighted by Gasteiger charge is 2.52. The van der Waals surface area contributed by atoms with Crippen LogP contribution in [0.1, 0.15) is 58.1 Å². The summed E-state index contributed by atoms with van der Waals surface area (Å²) in [5.74, 6) is -0.0929. The number of amides is 2. The minimum Gasteiger partial charge on any atom is -0.291 e. The zero-order chi connectivity index (χ0) is 15.6. The van der Waals surface area contributed by atoms with Gasteiger partial charge in [0.25, 0.3) is 5.91 Å². The largest absolute Gasteiger partial charge is 0.291 e. The van der Waals surface area contributed by atoms with E-state index in [1.54, 1.807) is 12.4 Å². The standard InChI is InChI=1S/C18H15N3O2/c22-16-11-9-20-15(10-3-4-10)8-13(11)18(17(23)21-16)6-5-14-12(18)2-1-7-19-14/h1-2,7-10H,3-6H2,(H,21,22,23). The van der Waals surface area contributed by atoms with Gasteiger partial charge in [0.2, 0.25) is 5.91 Å². The van der Waals surface area contributed by atoms with Crippen molar-refractivity contribution >= 4 is 11.8 Å². The Bertz CT molecular complexity index is 872. The number of hydrogen-bond acceptors (Lipinski definition) is 4. The lowest BCUT2D eigenvalue weighted by Gasteiger charge is -2.34. The number of pyridine rings is 2. The van der Waals surface area contributed by atoms with Crippen LogP contribution in [0.4, 0.5) is 0 Å². The second kappa shape index (κ2) is 4.25. The molecule has 0 saturated heterocycles. The van der Waals surface area contributed by atoms with Crippen molar-refractivity contribution in [3.63, 3.8) is 0 Å². The number of rotatable bonds is 1. The summed E-state index contributed by atoms with van der Waals surface area (Å²) in [6.07, 6.45) is 7.07. The molecule has 1 N–H and O–H groups in total. The molecule has 2 aromatic heterocycles. The average molecular weight is 305 g/mol. The van der Waals surface area contributed by atoms with Gasteiger partial charge in [0.1, 0.15) is 5.41 Å². The van der Waals surface area contributed by atoms with Crippen molar-refractivity contribution in [3.8, 4) is 0 Å². The van der Waals surface area contributed by atoms with Crippen LogP contribution in [0.5, 0.6) is 0 Å². The number of aryl methyl sites for hydroxylation is 1. The molecule has 3 heterocycles. The van der Waals surface area contributed by atoms with E-state index in [2.05, 4.69) is 15.3 Å². The highest BCUT2D eigenvalue weighted by Crippen LogP contribution is 2.48. The van der Waals surface area contributed by atoms with Crippen molar-refractivity contribution in [1.82, 2.24) is 15.3 Å². The number of carbonyl (C=O) groups is 2. The average Bonchev–Trinajstić information content (AvgIpc) is 3.34. The van der Waals surface area contributed by atoms with E-state index < -0.39 is 5.41 Å². The molecule has 5 rings (SSSR count). The van der Waals surface area contributed by atoms with E-state index in [4.69, 9.17) is 0 Å². The topological polar surface area (TPSA) is 72.0 Å². The van der Waals surface area contributed by atoms with Crippen LogP contribution in [-0.4, -0.2) is 21.8 Å². The van der Waals surface area contributed by atoms with Crippen LogP contribution in [0.25, 0.3) is 0 Å². The number of imide groups is 1. The first-order chi connectivity index (χ1) is 11.2. The first kappa shape index (κ1) is 12.9. The number of nitrogens with one attached hydrogen (secondary N) is 1. The molecule has 2 aromatic rings. The third-order valence-electron chi connectivity index (χ3n) is 5.33. The fourth-order valence-corrected chi connectivity index (χ4v) is 3.99. The maximum atomic E-state index is 12.9. The van der Waals surface area contributed by atoms with Crippen LogP contribution < -0.4 is 5.32 Å². The van der Waals surface area contributed by atoms with E-state index in [0.717, 1.165) is 41.8 Å². The van der Waals surface area contributed by atoms with E-state index in [1.165, 1.54) is 0 Å². The molecule has 1 spiro atoms. The lowest BCUT2D eigenvalue weighted by molar-refractivity contribution is -0.124. The minimum absolute atomic E-state index is 0.227. The summed E-state index contributed by atoms with van der Waals surface area (Å²) in [5.41, 5.74) is 3.43. The van der Waals surface area contributed by atoms with Gasteiger partial charge in [-0.1, -0.05) is 6.07 Å². The van der Waals surface area contributed by atoms with Crippen molar-refractivity contribution < 1.29 is 9.59 Å². The lowest BCUT2D eigenvalue weighted by atomic mass is 9.71. The first-order valence-electron chi connectivity index (χ1n) is 8.01. The fraction of sp³-hybridized carbons (Fsp3) is 0.333. The molecule has 5 nitrogen and oxygen atoms in total. The van der Waals surface area contributed by atoms with Gasteiger partial charge in [-0.15, -0.1) is 0 Å². The summed E-state index contributed by atoms with van der Waals surface area (Å²) in [4.78, 5) is 34.0. The van der Waals surface area contributed by atoms with E-state index >= 15 is 0 Å². The summed E-state index contributed by atoms with van der Waals surface area (Å²) in [6, 6.07) is 5.82. The molecule has 114 valence electrons. The predicted octanol–water partition coefficient (Wildman–Crippen LogP) is 1.86. The van der Waals surface area contributed by atoms with Crippen molar-refractivity contribution in [3.05, 3.63) is 58.7 Å². The number of aromatic nitrogens is 2. The minimum atomic E-state index is -0.792. The first-order valence-corrected chi connectivity index (χ1v) is 8.01. The van der Waals surface area contributed by atoms with Gasteiger partial charge in [0, 0.05) is 29.7 Å². The Balaban J connectivity index is 1.80. The Morgan fingerprint density at radius 2 is 2.04 bits per heavy atom. The Hall–Kier alpha value is -2.56. The number of hydrogen-bond donors (Lipinski definition) is 1. The molecule has 5 heteroatoms. The van der Waals surface area contributed by atoms with Gasteiger partial charge in [-0.3, -0.25) is 24.9 Å². The molecule has 1 saturated carbocycles. The molecule has 1 unspecified atom stereocenters. The normalized spacial score (nSPS) is 25.2. The zero-order valence-corrected chi connectivity index (χ0v) is 12.5. The zero-order valence-electron chi connectivity index (χ0n) is 12.5. The van der Waals surface area contributed by atoms with Crippen molar-refractivity contribution in [2.75, 3.05) is 0 Å². The van der Waals surface area contributed by atoms with Crippen LogP contribution >= 0.6 is 0 Å². The molecule has 0 radical (unpaired) electrons. The van der Waals surface area contributed by atoms with Crippen LogP contribution in [0, 0.1) is 0 Å². The van der Waals surface area contributed by atoms with Gasteiger partial charge < -0.3 is 0 Å². The third-order valence-corrected chi connectivity index (χ3v) is 5.33. The Labute approximate surface area is 133 Å². The molecule has 1 aliphatic heterocycles. The van der Waals surface area contributed by atoms with Gasteiger partial charge >= 0.3 is 0 Å². The van der Waals surface area contributed by atoms with Crippen LogP contribution in [0.2, 0.25) is 0 Å². The van der Waals surface area contributed by atoms with E-state index in [0.29, 0.717) is 17.9 Å². The van der Waals surface area contributed by atoms with Crippen molar-refractivity contribution in [2.45, 2.75) is 37.0 Å². The molecule has 23 heavy (non-hydrogen) atoms. The second-order valence-corrected chi connectivity index (χ2v) is 6.62. The van der Waals surface area contributed by atoms with Gasteiger partial charge in [0.15, 0.2) is 0 Å². The molecule has 1 atom stereocenters. The van der Waals surface area contributed by atoms with Crippen molar-refractivity contribution in [1.29, 1.82) is 0 Å². The monoisotopic (exact) mass is 305 g/mol. The van der Waals surface area contributed by atoms with E-state index in [9.17, 15) is 9.59 Å². The molecule has 0 bridgehead atoms. The van der Waals surface area contributed by atoms with E-state index in [-0.39, 0.29) is 11.8 Å². The summed E-state index contributed by atoms with van der Waals surface area (Å²) < 4.78 is 0. The second-order valence-electron chi connectivity index (χ2n) is 6.62. The van der Waals surface area contributed by atoms with Crippen LogP contribution in [0.15, 0.2) is 30.6 Å². The van der Waals surface area contributed by atoms with Crippen LogP contribution in [-0.2, 0) is 16.6 Å². The highest BCUT2D eigenvalue weighted by atomic mass is 16.2. The molecular weight excluding hydrogens is 290 g/mol. The molecule has 2 amide bonds. The Kier molecular flexibility index (Phi) is 2.39. The summed E-state index contributed by atoms with van der Waals surface area (Å²) in [6.45, 7) is 0. The molecular formula is C18H15N3O2.